The largest absolute Gasteiger partial charge is 0.0801 e. The van der Waals surface area contributed by atoms with E-state index in [-0.39, 0.29) is 0 Å². The van der Waals surface area contributed by atoms with Crippen molar-refractivity contribution >= 4 is 81.0 Å². The molecule has 0 saturated heterocycles. The van der Waals surface area contributed by atoms with Gasteiger partial charge in [0, 0.05) is 0 Å². The number of allylic oxidation sites excluding steroid dienone is 4. The average Bonchev–Trinajstić information content (AvgIpc) is 1.14. The minimum Gasteiger partial charge on any atom is -0.0801 e. The number of fused-ring (bicyclic) bond motifs is 8. The van der Waals surface area contributed by atoms with Crippen molar-refractivity contribution in [1.82, 2.24) is 0 Å². The second-order valence-corrected chi connectivity index (χ2v) is 42.6. The van der Waals surface area contributed by atoms with Gasteiger partial charge in [0.2, 0.25) is 0 Å². The molecule has 144 heavy (non-hydrogen) atoms. The molecule has 0 amide bonds. The zero-order chi connectivity index (χ0) is 102. The zero-order valence-corrected chi connectivity index (χ0v) is 90.6. The quantitative estimate of drug-likeness (QED) is 0.0668. The molecule has 0 bridgehead atoms. The van der Waals surface area contributed by atoms with Gasteiger partial charge < -0.3 is 0 Å². The van der Waals surface area contributed by atoms with Crippen molar-refractivity contribution < 1.29 is 0 Å². The van der Waals surface area contributed by atoms with Crippen molar-refractivity contribution in [2.24, 2.45) is 5.92 Å². The van der Waals surface area contributed by atoms with Gasteiger partial charge in [0.25, 0.3) is 0 Å². The Hall–Kier alpha value is -13.5. The number of hydrogen-bond acceptors (Lipinski definition) is 0. The third-order valence-corrected chi connectivity index (χ3v) is 28.0. The fourth-order valence-electron chi connectivity index (χ4n) is 18.9. The SMILES string of the molecule is CC(C)Cc1cccc2ccccc12.CC(C)c1ccc(-c2ccccc2)cc1.CC(C)c1ccc(C2=CC=CC2)cc1.CC(C)c1ccc(C2CCCCC2)cc1.CC(C)c1ccc(Cc2ccccc2)cc1.CC(C)c1ccc2c(ccc3ccccc32)c1.CC(C)c1ccc2ccccc2c1.CC(C)c1cccc2cc3ccccc3cc12.CC(C)c1cccc2ccccc12.Cc1ccc(C(C)C)cc1. The molecule has 2 aliphatic carbocycles. The first kappa shape index (κ1) is 109. The van der Waals surface area contributed by atoms with E-state index in [9.17, 15) is 0 Å². The van der Waals surface area contributed by atoms with Crippen molar-refractivity contribution in [3.8, 4) is 11.1 Å². The standard InChI is InChI=1S/2C17H16.C16H18.C15H22.C15H16.2C14H16.2C13H14.C10H14/c1-12(2)16-9-5-8-15-10-13-6-3-4-7-14(13)11-17(15)16;1-12(2)14-9-10-17-15(11-14)8-7-13-5-3-4-6-16(13)17;1-13(2)16-10-8-15(9-11-16)12-14-6-4-3-5-7-14;2*1-12(2)13-8-10-15(11-9-13)14-6-4-3-5-7-14;1-11(2)10-13-8-5-7-12-6-3-4-9-14(12)13;1-11(2)12-7-9-14(10-8-12)13-5-3-4-6-13;1-10(2)12-9-5-7-11-6-3-4-8-13(11)12;1-10(2)12-8-7-11-5-3-4-6-13(11)9-12;1-8(2)10-6-4-9(3)5-7-10/h2*3-12H,1-2H3;3-11,13H,12H2,1-2H3;8-12,14H,3-7H2,1-2H3;3-12H,1-2H3;3-9,11H,10H2,1-2H3;3-5,7-11H,6H2,1-2H3;2*3-10H,1-2H3;4-8H,1-3H3. The van der Waals surface area contributed by atoms with Gasteiger partial charge in [-0.05, 0) is 286 Å². The third-order valence-electron chi connectivity index (χ3n) is 28.0. The summed E-state index contributed by atoms with van der Waals surface area (Å²) in [5.74, 6) is 7.11. The van der Waals surface area contributed by atoms with Crippen LogP contribution in [0.15, 0.2) is 437 Å². The minimum absolute atomic E-state index is 0.569. The maximum absolute atomic E-state index is 2.35. The smallest absolute Gasteiger partial charge is 0.00258 e. The molecule has 738 valence electrons. The lowest BCUT2D eigenvalue weighted by molar-refractivity contribution is 0.443. The minimum atomic E-state index is 0.569. The van der Waals surface area contributed by atoms with Crippen molar-refractivity contribution in [3.05, 3.63) is 520 Å². The van der Waals surface area contributed by atoms with Crippen molar-refractivity contribution in [2.75, 3.05) is 0 Å². The Morgan fingerprint density at radius 1 is 0.229 bits per heavy atom. The van der Waals surface area contributed by atoms with E-state index in [2.05, 4.69) is 576 Å². The fraction of sp³-hybridized carbons (Fsp3) is 0.278. The molecule has 0 heterocycles. The Morgan fingerprint density at radius 2 is 0.576 bits per heavy atom. The molecule has 0 aromatic heterocycles. The number of aryl methyl sites for hydroxylation is 1. The van der Waals surface area contributed by atoms with E-state index in [1.165, 1.54) is 209 Å². The molecule has 1 saturated carbocycles. The summed E-state index contributed by atoms with van der Waals surface area (Å²) in [7, 11) is 0. The lowest BCUT2D eigenvalue weighted by Crippen LogP contribution is -2.04. The van der Waals surface area contributed by atoms with Crippen molar-refractivity contribution in [1.29, 1.82) is 0 Å². The molecule has 19 aromatic carbocycles. The topological polar surface area (TPSA) is 0 Å². The second-order valence-electron chi connectivity index (χ2n) is 42.6. The predicted molar refractivity (Wildman–Crippen MR) is 639 cm³/mol. The van der Waals surface area contributed by atoms with Crippen LogP contribution in [-0.2, 0) is 12.8 Å². The van der Waals surface area contributed by atoms with Gasteiger partial charge >= 0.3 is 0 Å². The monoisotopic (exact) mass is 1890 g/mol. The molecule has 2 aliphatic rings. The lowest BCUT2D eigenvalue weighted by atomic mass is 9.83. The second kappa shape index (κ2) is 55.9. The summed E-state index contributed by atoms with van der Waals surface area (Å²) in [6.07, 6.45) is 16.9. The molecule has 1 fully saturated rings. The van der Waals surface area contributed by atoms with Crippen molar-refractivity contribution in [3.63, 3.8) is 0 Å². The van der Waals surface area contributed by atoms with Gasteiger partial charge in [0.1, 0.15) is 0 Å². The Bertz CT molecular complexity index is 7110. The summed E-state index contributed by atoms with van der Waals surface area (Å²) in [6.45, 7) is 46.9. The molecule has 0 atom stereocenters. The summed E-state index contributed by atoms with van der Waals surface area (Å²) in [5.41, 5.74) is 25.3. The molecular formula is C144H162. The highest BCUT2D eigenvalue weighted by Crippen LogP contribution is 2.37. The van der Waals surface area contributed by atoms with E-state index in [0.29, 0.717) is 53.3 Å². The molecule has 19 aromatic rings. The lowest BCUT2D eigenvalue weighted by Gasteiger charge is -2.22. The fourth-order valence-corrected chi connectivity index (χ4v) is 18.9. The summed E-state index contributed by atoms with van der Waals surface area (Å²) in [5, 5.41) is 18.9. The Labute approximate surface area is 868 Å². The average molecular weight is 1890 g/mol. The molecule has 0 radical (unpaired) electrons. The van der Waals surface area contributed by atoms with Crippen molar-refractivity contribution in [2.45, 2.75) is 256 Å². The highest BCUT2D eigenvalue weighted by Gasteiger charge is 2.17. The normalized spacial score (nSPS) is 12.1. The summed E-state index contributed by atoms with van der Waals surface area (Å²) in [6, 6.07) is 151. The van der Waals surface area contributed by atoms with Crippen LogP contribution < -0.4 is 0 Å². The van der Waals surface area contributed by atoms with Crippen LogP contribution in [-0.4, -0.2) is 0 Å². The van der Waals surface area contributed by atoms with Crippen LogP contribution in [0.4, 0.5) is 0 Å². The van der Waals surface area contributed by atoms with E-state index in [1.807, 2.05) is 6.07 Å². The maximum Gasteiger partial charge on any atom is -0.00258 e. The summed E-state index contributed by atoms with van der Waals surface area (Å²) in [4.78, 5) is 0. The van der Waals surface area contributed by atoms with Gasteiger partial charge in [-0.25, -0.2) is 0 Å². The maximum atomic E-state index is 2.35. The predicted octanol–water partition coefficient (Wildman–Crippen LogP) is 43.2. The summed E-state index contributed by atoms with van der Waals surface area (Å²) < 4.78 is 0. The van der Waals surface area contributed by atoms with Gasteiger partial charge in [-0.2, -0.15) is 0 Å². The van der Waals surface area contributed by atoms with E-state index in [1.54, 1.807) is 5.56 Å². The zero-order valence-electron chi connectivity index (χ0n) is 90.6. The van der Waals surface area contributed by atoms with Gasteiger partial charge in [0.15, 0.2) is 0 Å². The van der Waals surface area contributed by atoms with E-state index < -0.39 is 0 Å². The van der Waals surface area contributed by atoms with Crippen LogP contribution in [0.2, 0.25) is 0 Å². The highest BCUT2D eigenvalue weighted by molar-refractivity contribution is 6.07. The molecule has 0 unspecified atom stereocenters. The van der Waals surface area contributed by atoms with Crippen LogP contribution in [0.1, 0.15) is 320 Å². The number of benzene rings is 19. The first-order valence-corrected chi connectivity index (χ1v) is 53.8. The molecule has 0 nitrogen and oxygen atoms in total. The van der Waals surface area contributed by atoms with Gasteiger partial charge in [-0.3, -0.25) is 0 Å². The first-order chi connectivity index (χ1) is 69.6. The molecular weight excluding hydrogens is 1730 g/mol. The molecule has 0 heteroatoms. The molecule has 21 rings (SSSR count). The third kappa shape index (κ3) is 33.0. The van der Waals surface area contributed by atoms with E-state index >= 15 is 0 Å². The number of rotatable bonds is 16. The van der Waals surface area contributed by atoms with Crippen LogP contribution in [0.25, 0.3) is 92.1 Å². The van der Waals surface area contributed by atoms with Gasteiger partial charge in [-0.1, -0.05) is 588 Å². The molecule has 0 aliphatic heterocycles. The number of hydrogen-bond donors (Lipinski definition) is 0. The van der Waals surface area contributed by atoms with Crippen LogP contribution >= 0.6 is 0 Å². The Kier molecular flexibility index (Phi) is 42.4. The molecule has 0 spiro atoms. The van der Waals surface area contributed by atoms with E-state index in [4.69, 9.17) is 0 Å². The van der Waals surface area contributed by atoms with Crippen LogP contribution in [0.5, 0.6) is 0 Å². The van der Waals surface area contributed by atoms with E-state index in [0.717, 1.165) is 24.7 Å². The summed E-state index contributed by atoms with van der Waals surface area (Å²) >= 11 is 0. The first-order valence-electron chi connectivity index (χ1n) is 53.8. The Morgan fingerprint density at radius 3 is 1.08 bits per heavy atom. The highest BCUT2D eigenvalue weighted by atomic mass is 14.2. The van der Waals surface area contributed by atoms with Gasteiger partial charge in [-0.15, -0.1) is 0 Å². The van der Waals surface area contributed by atoms with Crippen LogP contribution in [0.3, 0.4) is 0 Å². The Balaban J connectivity index is 0.000000143. The van der Waals surface area contributed by atoms with Crippen LogP contribution in [0, 0.1) is 12.8 Å². The molecule has 0 N–H and O–H groups in total. The van der Waals surface area contributed by atoms with Gasteiger partial charge in [0.05, 0.1) is 0 Å².